The fourth-order valence-corrected chi connectivity index (χ4v) is 4.18. The molecule has 3 aromatic rings. The van der Waals surface area contributed by atoms with E-state index in [-0.39, 0.29) is 12.3 Å². The van der Waals surface area contributed by atoms with E-state index in [1.165, 1.54) is 0 Å². The van der Waals surface area contributed by atoms with Crippen molar-refractivity contribution in [1.29, 1.82) is 0 Å². The average molecular weight is 500 g/mol. The fraction of sp³-hybridized carbons (Fsp3) is 0.214. The molecule has 0 bridgehead atoms. The summed E-state index contributed by atoms with van der Waals surface area (Å²) >= 11 is 0. The van der Waals surface area contributed by atoms with Crippen LogP contribution in [0.2, 0.25) is 0 Å². The molecule has 190 valence electrons. The van der Waals surface area contributed by atoms with Crippen molar-refractivity contribution in [1.82, 2.24) is 5.32 Å². The van der Waals surface area contributed by atoms with Crippen LogP contribution in [0.15, 0.2) is 78.9 Å². The Morgan fingerprint density at radius 1 is 0.865 bits per heavy atom. The highest BCUT2D eigenvalue weighted by atomic mass is 16.2. The normalized spacial score (nSPS) is 13.9. The molecule has 1 unspecified atom stereocenters. The van der Waals surface area contributed by atoms with Gasteiger partial charge in [-0.15, -0.1) is 0 Å². The van der Waals surface area contributed by atoms with E-state index in [1.54, 1.807) is 77.7 Å². The van der Waals surface area contributed by atoms with Gasteiger partial charge in [-0.2, -0.15) is 0 Å². The van der Waals surface area contributed by atoms with Crippen LogP contribution in [0.4, 0.5) is 21.9 Å². The number of amides is 5. The van der Waals surface area contributed by atoms with Crippen LogP contribution in [0.1, 0.15) is 35.2 Å². The van der Waals surface area contributed by atoms with Gasteiger partial charge >= 0.3 is 6.03 Å². The number of rotatable bonds is 8. The number of nitrogens with zero attached hydrogens (tertiary/aromatic N) is 1. The second kappa shape index (κ2) is 11.9. The van der Waals surface area contributed by atoms with Gasteiger partial charge in [-0.1, -0.05) is 30.3 Å². The minimum absolute atomic E-state index is 0.0925. The molecule has 0 saturated carbocycles. The van der Waals surface area contributed by atoms with Crippen molar-refractivity contribution >= 4 is 40.8 Å². The summed E-state index contributed by atoms with van der Waals surface area (Å²) in [4.78, 5) is 51.5. The topological polar surface area (TPSA) is 134 Å². The Morgan fingerprint density at radius 3 is 2.30 bits per heavy atom. The third-order valence-corrected chi connectivity index (χ3v) is 6.07. The zero-order chi connectivity index (χ0) is 26.2. The predicted octanol–water partition coefficient (Wildman–Crippen LogP) is 3.67. The standard InChI is InChI=1S/C28H29N5O4/c29-26(35)20-8-6-7-19(17-20)18-24(32-28(37)31-21-9-2-1-3-10-21)27(36)30-22-12-14-23(15-13-22)33-16-5-4-11-25(33)34/h1-3,6-10,12-15,17,24H,4-5,11,16,18H2,(H2,29,35)(H,30,36)(H2,31,32,37). The van der Waals surface area contributed by atoms with Gasteiger partial charge in [0, 0.05) is 42.0 Å². The molecular formula is C28H29N5O4. The van der Waals surface area contributed by atoms with Crippen LogP contribution in [0, 0.1) is 0 Å². The smallest absolute Gasteiger partial charge is 0.319 e. The molecule has 1 saturated heterocycles. The molecule has 9 heteroatoms. The lowest BCUT2D eigenvalue weighted by molar-refractivity contribution is -0.119. The zero-order valence-electron chi connectivity index (χ0n) is 20.3. The van der Waals surface area contributed by atoms with E-state index in [4.69, 9.17) is 5.73 Å². The molecule has 1 aliphatic heterocycles. The Morgan fingerprint density at radius 2 is 1.59 bits per heavy atom. The molecule has 1 heterocycles. The molecule has 0 aromatic heterocycles. The molecule has 0 radical (unpaired) electrons. The number of nitrogens with one attached hydrogen (secondary N) is 3. The van der Waals surface area contributed by atoms with Gasteiger partial charge in [0.1, 0.15) is 6.04 Å². The molecule has 1 atom stereocenters. The van der Waals surface area contributed by atoms with Gasteiger partial charge in [0.05, 0.1) is 0 Å². The lowest BCUT2D eigenvalue weighted by Crippen LogP contribution is -2.47. The van der Waals surface area contributed by atoms with Crippen molar-refractivity contribution in [3.63, 3.8) is 0 Å². The highest BCUT2D eigenvalue weighted by Gasteiger charge is 2.23. The maximum atomic E-state index is 13.3. The van der Waals surface area contributed by atoms with Crippen molar-refractivity contribution in [3.05, 3.63) is 90.0 Å². The summed E-state index contributed by atoms with van der Waals surface area (Å²) in [5.74, 6) is -0.922. The number of carbonyl (C=O) groups is 4. The summed E-state index contributed by atoms with van der Waals surface area (Å²) < 4.78 is 0. The van der Waals surface area contributed by atoms with Crippen LogP contribution >= 0.6 is 0 Å². The second-order valence-electron chi connectivity index (χ2n) is 8.82. The number of piperidine rings is 1. The Bertz CT molecular complexity index is 1280. The minimum atomic E-state index is -0.949. The molecule has 5 amide bonds. The first kappa shape index (κ1) is 25.4. The SMILES string of the molecule is NC(=O)c1cccc(CC(NC(=O)Nc2ccccc2)C(=O)Nc2ccc(N3CCCCC3=O)cc2)c1. The van der Waals surface area contributed by atoms with E-state index in [9.17, 15) is 19.2 Å². The summed E-state index contributed by atoms with van der Waals surface area (Å²) in [5.41, 5.74) is 8.26. The molecule has 4 rings (SSSR count). The van der Waals surface area contributed by atoms with E-state index >= 15 is 0 Å². The van der Waals surface area contributed by atoms with Crippen molar-refractivity contribution < 1.29 is 19.2 Å². The highest BCUT2D eigenvalue weighted by Crippen LogP contribution is 2.23. The Hall–Kier alpha value is -4.66. The van der Waals surface area contributed by atoms with E-state index < -0.39 is 23.9 Å². The fourth-order valence-electron chi connectivity index (χ4n) is 4.18. The van der Waals surface area contributed by atoms with Crippen LogP contribution in [0.5, 0.6) is 0 Å². The van der Waals surface area contributed by atoms with Gasteiger partial charge < -0.3 is 26.6 Å². The summed E-state index contributed by atoms with van der Waals surface area (Å²) in [6.07, 6.45) is 2.53. The molecule has 3 aromatic carbocycles. The number of benzene rings is 3. The Labute approximate surface area is 215 Å². The third-order valence-electron chi connectivity index (χ3n) is 6.07. The molecule has 0 spiro atoms. The van der Waals surface area contributed by atoms with Crippen LogP contribution in [-0.2, 0) is 16.0 Å². The van der Waals surface area contributed by atoms with Crippen molar-refractivity contribution in [2.75, 3.05) is 22.1 Å². The van der Waals surface area contributed by atoms with Gasteiger partial charge in [-0.05, 0) is 66.9 Å². The van der Waals surface area contributed by atoms with Gasteiger partial charge in [0.15, 0.2) is 0 Å². The lowest BCUT2D eigenvalue weighted by Gasteiger charge is -2.27. The molecule has 0 aliphatic carbocycles. The van der Waals surface area contributed by atoms with Crippen LogP contribution in [-0.4, -0.2) is 36.3 Å². The van der Waals surface area contributed by atoms with Crippen molar-refractivity contribution in [3.8, 4) is 0 Å². The number of para-hydroxylation sites is 1. The van der Waals surface area contributed by atoms with Crippen molar-refractivity contribution in [2.45, 2.75) is 31.7 Å². The predicted molar refractivity (Wildman–Crippen MR) is 142 cm³/mol. The van der Waals surface area contributed by atoms with Gasteiger partial charge in [0.2, 0.25) is 17.7 Å². The van der Waals surface area contributed by atoms with Crippen LogP contribution in [0.25, 0.3) is 0 Å². The number of primary amides is 1. The summed E-state index contributed by atoms with van der Waals surface area (Å²) in [6, 6.07) is 21.0. The van der Waals surface area contributed by atoms with Gasteiger partial charge in [-0.25, -0.2) is 4.79 Å². The molecule has 9 nitrogen and oxygen atoms in total. The van der Waals surface area contributed by atoms with E-state index in [0.29, 0.717) is 35.5 Å². The summed E-state index contributed by atoms with van der Waals surface area (Å²) in [5, 5.41) is 8.27. The Balaban J connectivity index is 1.48. The molecular weight excluding hydrogens is 470 g/mol. The highest BCUT2D eigenvalue weighted by molar-refractivity contribution is 6.00. The number of urea groups is 1. The van der Waals surface area contributed by atoms with E-state index in [0.717, 1.165) is 18.5 Å². The average Bonchev–Trinajstić information content (AvgIpc) is 2.90. The lowest BCUT2D eigenvalue weighted by atomic mass is 10.0. The number of anilines is 3. The third kappa shape index (κ3) is 6.94. The molecule has 1 fully saturated rings. The number of carbonyl (C=O) groups excluding carboxylic acids is 4. The van der Waals surface area contributed by atoms with E-state index in [2.05, 4.69) is 16.0 Å². The maximum absolute atomic E-state index is 13.3. The summed E-state index contributed by atoms with van der Waals surface area (Å²) in [7, 11) is 0. The molecule has 1 aliphatic rings. The Kier molecular flexibility index (Phi) is 8.15. The maximum Gasteiger partial charge on any atom is 0.319 e. The second-order valence-corrected chi connectivity index (χ2v) is 8.82. The summed E-state index contributed by atoms with van der Waals surface area (Å²) in [6.45, 7) is 0.678. The first-order valence-corrected chi connectivity index (χ1v) is 12.1. The van der Waals surface area contributed by atoms with Gasteiger partial charge in [-0.3, -0.25) is 14.4 Å². The molecule has 5 N–H and O–H groups in total. The largest absolute Gasteiger partial charge is 0.366 e. The zero-order valence-corrected chi connectivity index (χ0v) is 20.3. The number of nitrogens with two attached hydrogens (primary N) is 1. The van der Waals surface area contributed by atoms with Crippen LogP contribution < -0.4 is 26.6 Å². The first-order valence-electron chi connectivity index (χ1n) is 12.1. The van der Waals surface area contributed by atoms with Crippen LogP contribution in [0.3, 0.4) is 0 Å². The number of hydrogen-bond acceptors (Lipinski definition) is 4. The monoisotopic (exact) mass is 499 g/mol. The minimum Gasteiger partial charge on any atom is -0.366 e. The molecule has 37 heavy (non-hydrogen) atoms. The number of hydrogen-bond donors (Lipinski definition) is 4. The quantitative estimate of drug-likeness (QED) is 0.376. The first-order chi connectivity index (χ1) is 17.9. The van der Waals surface area contributed by atoms with Gasteiger partial charge in [0.25, 0.3) is 0 Å². The van der Waals surface area contributed by atoms with Crippen molar-refractivity contribution in [2.24, 2.45) is 5.73 Å². The van der Waals surface area contributed by atoms with E-state index in [1.807, 2.05) is 6.07 Å².